The number of likely N-dealkylation sites (N-methyl/N-ethyl adjacent to an activating group) is 1. The number of anilines is 2. The van der Waals surface area contributed by atoms with Crippen molar-refractivity contribution in [3.8, 4) is 22.8 Å². The number of nitrogens with one attached hydrogen (secondary N) is 1. The van der Waals surface area contributed by atoms with Crippen LogP contribution in [0.3, 0.4) is 0 Å². The molecule has 210 valence electrons. The Labute approximate surface area is 243 Å². The molecule has 0 saturated carbocycles. The van der Waals surface area contributed by atoms with Crippen molar-refractivity contribution in [3.63, 3.8) is 0 Å². The van der Waals surface area contributed by atoms with E-state index < -0.39 is 0 Å². The lowest BCUT2D eigenvalue weighted by atomic mass is 10.1. The van der Waals surface area contributed by atoms with Gasteiger partial charge in [0, 0.05) is 29.9 Å². The summed E-state index contributed by atoms with van der Waals surface area (Å²) in [6, 6.07) is 33.0. The number of hydrogen-bond donors (Lipinski definition) is 1. The number of rotatable bonds is 13. The minimum Gasteiger partial charge on any atom is -0.493 e. The van der Waals surface area contributed by atoms with Crippen LogP contribution in [0, 0.1) is 6.92 Å². The summed E-state index contributed by atoms with van der Waals surface area (Å²) in [7, 11) is 0. The molecule has 1 aromatic heterocycles. The third kappa shape index (κ3) is 7.83. The van der Waals surface area contributed by atoms with Crippen LogP contribution in [-0.4, -0.2) is 47.7 Å². The fourth-order valence-corrected chi connectivity index (χ4v) is 4.77. The van der Waals surface area contributed by atoms with Gasteiger partial charge in [0.05, 0.1) is 12.3 Å². The predicted octanol–water partition coefficient (Wildman–Crippen LogP) is 7.69. The Morgan fingerprint density at radius 2 is 1.39 bits per heavy atom. The van der Waals surface area contributed by atoms with Crippen LogP contribution in [0.25, 0.3) is 22.0 Å². The molecule has 0 aliphatic carbocycles. The topological polar surface area (TPSA) is 59.5 Å². The number of aromatic nitrogens is 2. The van der Waals surface area contributed by atoms with E-state index in [9.17, 15) is 0 Å². The van der Waals surface area contributed by atoms with E-state index in [2.05, 4.69) is 71.5 Å². The van der Waals surface area contributed by atoms with Crippen molar-refractivity contribution in [3.05, 3.63) is 108 Å². The lowest BCUT2D eigenvalue weighted by Gasteiger charge is -2.18. The molecule has 5 rings (SSSR count). The molecule has 0 atom stereocenters. The van der Waals surface area contributed by atoms with Crippen LogP contribution in [-0.2, 0) is 6.42 Å². The monoisotopic (exact) mass is 546 g/mol. The third-order valence-corrected chi connectivity index (χ3v) is 7.16. The fourth-order valence-electron chi connectivity index (χ4n) is 4.77. The van der Waals surface area contributed by atoms with Crippen molar-refractivity contribution in [2.75, 3.05) is 38.2 Å². The zero-order chi connectivity index (χ0) is 28.4. The van der Waals surface area contributed by atoms with Crippen molar-refractivity contribution < 1.29 is 9.47 Å². The zero-order valence-corrected chi connectivity index (χ0v) is 24.1. The van der Waals surface area contributed by atoms with Crippen molar-refractivity contribution >= 4 is 22.4 Å². The van der Waals surface area contributed by atoms with Gasteiger partial charge in [0.25, 0.3) is 0 Å². The van der Waals surface area contributed by atoms with Gasteiger partial charge in [-0.15, -0.1) is 0 Å². The molecule has 0 radical (unpaired) electrons. The fraction of sp³-hybridized carbons (Fsp3) is 0.257. The van der Waals surface area contributed by atoms with Crippen molar-refractivity contribution in [1.82, 2.24) is 14.9 Å². The highest BCUT2D eigenvalue weighted by Gasteiger charge is 2.07. The molecule has 0 amide bonds. The Morgan fingerprint density at radius 3 is 2.12 bits per heavy atom. The maximum absolute atomic E-state index is 6.04. The number of aryl methyl sites for hydroxylation is 1. The molecule has 0 aliphatic rings. The first-order valence-electron chi connectivity index (χ1n) is 14.4. The van der Waals surface area contributed by atoms with E-state index in [0.29, 0.717) is 19.2 Å². The van der Waals surface area contributed by atoms with E-state index in [0.717, 1.165) is 60.2 Å². The second-order valence-corrected chi connectivity index (χ2v) is 10.0. The van der Waals surface area contributed by atoms with E-state index in [1.807, 2.05) is 61.5 Å². The van der Waals surface area contributed by atoms with Crippen LogP contribution in [0.5, 0.6) is 11.5 Å². The molecule has 0 unspecified atom stereocenters. The smallest absolute Gasteiger partial charge is 0.227 e. The Morgan fingerprint density at radius 1 is 0.707 bits per heavy atom. The first kappa shape index (κ1) is 28.1. The number of fused-ring (bicyclic) bond motifs is 1. The minimum atomic E-state index is 0.561. The Bertz CT molecular complexity index is 1550. The maximum Gasteiger partial charge on any atom is 0.227 e. The number of benzene rings is 4. The van der Waals surface area contributed by atoms with Gasteiger partial charge in [-0.25, -0.2) is 9.97 Å². The lowest BCUT2D eigenvalue weighted by molar-refractivity contribution is 0.223. The van der Waals surface area contributed by atoms with E-state index in [1.54, 1.807) is 0 Å². The second-order valence-electron chi connectivity index (χ2n) is 10.0. The quantitative estimate of drug-likeness (QED) is 0.163. The predicted molar refractivity (Wildman–Crippen MR) is 168 cm³/mol. The Hall–Kier alpha value is -4.42. The molecule has 4 aromatic carbocycles. The standard InChI is InChI=1S/C35H38N4O2/c1-4-39(5-2)21-23-41-33-18-14-31(15-19-33)37-35-36-26(3)24-34(38-35)29-12-16-32(17-13-29)40-22-20-27-10-11-28-8-6-7-9-30(28)25-27/h6-19,24-25H,4-5,20-23H2,1-3H3,(H,36,37,38). The van der Waals surface area contributed by atoms with Crippen molar-refractivity contribution in [2.45, 2.75) is 27.2 Å². The molecule has 41 heavy (non-hydrogen) atoms. The first-order valence-corrected chi connectivity index (χ1v) is 14.4. The highest BCUT2D eigenvalue weighted by Crippen LogP contribution is 2.25. The van der Waals surface area contributed by atoms with E-state index in [-0.39, 0.29) is 0 Å². The summed E-state index contributed by atoms with van der Waals surface area (Å²) in [4.78, 5) is 11.7. The van der Waals surface area contributed by atoms with Crippen LogP contribution in [0.15, 0.2) is 97.1 Å². The lowest BCUT2D eigenvalue weighted by Crippen LogP contribution is -2.27. The molecule has 0 spiro atoms. The molecule has 0 bridgehead atoms. The first-order chi connectivity index (χ1) is 20.1. The van der Waals surface area contributed by atoms with Crippen molar-refractivity contribution in [2.24, 2.45) is 0 Å². The average Bonchev–Trinajstić information content (AvgIpc) is 3.00. The second kappa shape index (κ2) is 13.8. The van der Waals surface area contributed by atoms with Gasteiger partial charge in [-0.3, -0.25) is 0 Å². The van der Waals surface area contributed by atoms with Crippen molar-refractivity contribution in [1.29, 1.82) is 0 Å². The highest BCUT2D eigenvalue weighted by molar-refractivity contribution is 5.83. The van der Waals surface area contributed by atoms with Gasteiger partial charge in [0.15, 0.2) is 0 Å². The summed E-state index contributed by atoms with van der Waals surface area (Å²) in [6.45, 7) is 10.6. The number of nitrogens with zero attached hydrogens (tertiary/aromatic N) is 3. The van der Waals surface area contributed by atoms with Crippen LogP contribution in [0.2, 0.25) is 0 Å². The summed E-state index contributed by atoms with van der Waals surface area (Å²) >= 11 is 0. The molecule has 6 nitrogen and oxygen atoms in total. The summed E-state index contributed by atoms with van der Waals surface area (Å²) in [5.74, 6) is 2.26. The SMILES string of the molecule is CCN(CC)CCOc1ccc(Nc2nc(C)cc(-c3ccc(OCCc4ccc5ccccc5c4)cc3)n2)cc1. The third-order valence-electron chi connectivity index (χ3n) is 7.16. The zero-order valence-electron chi connectivity index (χ0n) is 24.1. The van der Waals surface area contributed by atoms with E-state index in [1.165, 1.54) is 16.3 Å². The summed E-state index contributed by atoms with van der Waals surface area (Å²) < 4.78 is 11.9. The number of ether oxygens (including phenoxy) is 2. The van der Waals surface area contributed by atoms with E-state index in [4.69, 9.17) is 14.5 Å². The number of hydrogen-bond acceptors (Lipinski definition) is 6. The molecule has 0 aliphatic heterocycles. The normalized spacial score (nSPS) is 11.1. The van der Waals surface area contributed by atoms with Gasteiger partial charge in [0.2, 0.25) is 5.95 Å². The van der Waals surface area contributed by atoms with Crippen LogP contribution >= 0.6 is 0 Å². The summed E-state index contributed by atoms with van der Waals surface area (Å²) in [5.41, 5.74) is 4.95. The van der Waals surface area contributed by atoms with Gasteiger partial charge in [0.1, 0.15) is 18.1 Å². The Balaban J connectivity index is 1.16. The molecule has 5 aromatic rings. The molecule has 1 heterocycles. The van der Waals surface area contributed by atoms with E-state index >= 15 is 0 Å². The molecule has 6 heteroatoms. The maximum atomic E-state index is 6.04. The Kier molecular flexibility index (Phi) is 9.45. The molecule has 0 fully saturated rings. The highest BCUT2D eigenvalue weighted by atomic mass is 16.5. The van der Waals surface area contributed by atoms with Crippen LogP contribution in [0.1, 0.15) is 25.1 Å². The molecular formula is C35H38N4O2. The average molecular weight is 547 g/mol. The summed E-state index contributed by atoms with van der Waals surface area (Å²) in [6.07, 6.45) is 0.857. The molecule has 1 N–H and O–H groups in total. The van der Waals surface area contributed by atoms with Crippen LogP contribution in [0.4, 0.5) is 11.6 Å². The largest absolute Gasteiger partial charge is 0.493 e. The van der Waals surface area contributed by atoms with Gasteiger partial charge >= 0.3 is 0 Å². The van der Waals surface area contributed by atoms with Crippen LogP contribution < -0.4 is 14.8 Å². The summed E-state index contributed by atoms with van der Waals surface area (Å²) in [5, 5.41) is 5.85. The van der Waals surface area contributed by atoms with Gasteiger partial charge < -0.3 is 19.7 Å². The van der Waals surface area contributed by atoms with Gasteiger partial charge in [-0.1, -0.05) is 56.3 Å². The molecular weight excluding hydrogens is 508 g/mol. The van der Waals surface area contributed by atoms with Gasteiger partial charge in [-0.2, -0.15) is 0 Å². The minimum absolute atomic E-state index is 0.561. The molecule has 0 saturated heterocycles. The van der Waals surface area contributed by atoms with Gasteiger partial charge in [-0.05, 0) is 90.9 Å².